The second kappa shape index (κ2) is 6.04. The molecule has 2 rings (SSSR count). The predicted molar refractivity (Wildman–Crippen MR) is 72.8 cm³/mol. The zero-order valence-electron chi connectivity index (χ0n) is 10.6. The van der Waals surface area contributed by atoms with E-state index in [9.17, 15) is 23.7 Å². The van der Waals surface area contributed by atoms with Crippen molar-refractivity contribution in [3.8, 4) is 0 Å². The van der Waals surface area contributed by atoms with Gasteiger partial charge in [-0.2, -0.15) is 0 Å². The Labute approximate surface area is 118 Å². The molecule has 0 saturated heterocycles. The molecule has 6 heteroatoms. The quantitative estimate of drug-likeness (QED) is 0.372. The summed E-state index contributed by atoms with van der Waals surface area (Å²) in [4.78, 5) is 22.0. The van der Waals surface area contributed by atoms with E-state index < -0.39 is 27.9 Å². The molecule has 0 radical (unpaired) electrons. The predicted octanol–water partition coefficient (Wildman–Crippen LogP) is 3.77. The van der Waals surface area contributed by atoms with E-state index in [1.807, 2.05) is 0 Å². The molecule has 0 unspecified atom stereocenters. The minimum atomic E-state index is -0.853. The molecule has 2 aromatic rings. The Bertz CT molecular complexity index is 741. The van der Waals surface area contributed by atoms with Crippen LogP contribution in [0.4, 0.5) is 14.5 Å². The van der Waals surface area contributed by atoms with E-state index in [1.165, 1.54) is 24.3 Å². The third-order valence-corrected chi connectivity index (χ3v) is 2.74. The van der Waals surface area contributed by atoms with Crippen LogP contribution in [0.15, 0.2) is 48.5 Å². The number of nitro benzene ring substituents is 1. The van der Waals surface area contributed by atoms with Crippen LogP contribution >= 0.6 is 0 Å². The molecule has 0 saturated carbocycles. The number of para-hydroxylation sites is 1. The third-order valence-electron chi connectivity index (χ3n) is 2.74. The first kappa shape index (κ1) is 14.5. The van der Waals surface area contributed by atoms with E-state index in [4.69, 9.17) is 0 Å². The van der Waals surface area contributed by atoms with Crippen LogP contribution in [0.3, 0.4) is 0 Å². The Morgan fingerprint density at radius 1 is 1.14 bits per heavy atom. The topological polar surface area (TPSA) is 60.2 Å². The van der Waals surface area contributed by atoms with Gasteiger partial charge in [-0.25, -0.2) is 8.78 Å². The minimum absolute atomic E-state index is 0.179. The van der Waals surface area contributed by atoms with Gasteiger partial charge in [-0.1, -0.05) is 12.1 Å². The first-order valence-corrected chi connectivity index (χ1v) is 5.90. The van der Waals surface area contributed by atoms with E-state index in [-0.39, 0.29) is 11.3 Å². The van der Waals surface area contributed by atoms with E-state index in [2.05, 4.69) is 0 Å². The smallest absolute Gasteiger partial charge is 0.276 e. The Morgan fingerprint density at radius 2 is 1.86 bits per heavy atom. The number of halogens is 2. The maximum Gasteiger partial charge on any atom is 0.276 e. The normalized spacial score (nSPS) is 10.8. The minimum Gasteiger partial charge on any atom is -0.289 e. The van der Waals surface area contributed by atoms with Gasteiger partial charge >= 0.3 is 0 Å². The van der Waals surface area contributed by atoms with Gasteiger partial charge in [0.15, 0.2) is 5.78 Å². The number of allylic oxidation sites excluding steroid dienone is 1. The lowest BCUT2D eigenvalue weighted by Gasteiger charge is -1.99. The van der Waals surface area contributed by atoms with Crippen LogP contribution in [-0.4, -0.2) is 10.7 Å². The van der Waals surface area contributed by atoms with Crippen molar-refractivity contribution in [2.24, 2.45) is 0 Å². The van der Waals surface area contributed by atoms with Crippen LogP contribution in [0.5, 0.6) is 0 Å². The van der Waals surface area contributed by atoms with Gasteiger partial charge in [0.25, 0.3) is 5.69 Å². The van der Waals surface area contributed by atoms with Gasteiger partial charge in [0.2, 0.25) is 0 Å². The highest BCUT2D eigenvalue weighted by Crippen LogP contribution is 2.19. The zero-order chi connectivity index (χ0) is 15.4. The number of nitrogens with zero attached hydrogens (tertiary/aromatic N) is 1. The average Bonchev–Trinajstić information content (AvgIpc) is 2.47. The van der Waals surface area contributed by atoms with Crippen molar-refractivity contribution in [1.29, 1.82) is 0 Å². The van der Waals surface area contributed by atoms with Crippen molar-refractivity contribution < 1.29 is 18.5 Å². The molecule has 0 spiro atoms. The van der Waals surface area contributed by atoms with E-state index in [0.29, 0.717) is 0 Å². The summed E-state index contributed by atoms with van der Waals surface area (Å²) in [5.41, 5.74) is -0.404. The van der Waals surface area contributed by atoms with E-state index in [1.54, 1.807) is 6.07 Å². The van der Waals surface area contributed by atoms with Crippen LogP contribution in [-0.2, 0) is 0 Å². The van der Waals surface area contributed by atoms with Gasteiger partial charge in [0, 0.05) is 6.07 Å². The maximum absolute atomic E-state index is 13.4. The molecule has 21 heavy (non-hydrogen) atoms. The molecule has 0 bridgehead atoms. The first-order valence-electron chi connectivity index (χ1n) is 5.90. The summed E-state index contributed by atoms with van der Waals surface area (Å²) in [6.45, 7) is 0. The van der Waals surface area contributed by atoms with Crippen molar-refractivity contribution in [3.63, 3.8) is 0 Å². The lowest BCUT2D eigenvalue weighted by atomic mass is 10.1. The first-order chi connectivity index (χ1) is 9.99. The molecule has 0 aliphatic carbocycles. The molecule has 0 aliphatic heterocycles. The highest BCUT2D eigenvalue weighted by molar-refractivity contribution is 6.07. The average molecular weight is 289 g/mol. The van der Waals surface area contributed by atoms with Crippen molar-refractivity contribution >= 4 is 17.5 Å². The fourth-order valence-corrected chi connectivity index (χ4v) is 1.74. The van der Waals surface area contributed by atoms with Crippen molar-refractivity contribution in [3.05, 3.63) is 81.4 Å². The molecular formula is C15H9F2NO3. The van der Waals surface area contributed by atoms with Gasteiger partial charge in [0.1, 0.15) is 11.6 Å². The Balaban J connectivity index is 2.31. The molecule has 4 nitrogen and oxygen atoms in total. The number of carbonyl (C=O) groups excluding carboxylic acids is 1. The summed E-state index contributed by atoms with van der Waals surface area (Å²) in [6, 6.07) is 8.32. The number of ketones is 1. The number of hydrogen-bond donors (Lipinski definition) is 0. The lowest BCUT2D eigenvalue weighted by Crippen LogP contribution is -1.99. The van der Waals surface area contributed by atoms with Crippen LogP contribution in [0.25, 0.3) is 6.08 Å². The van der Waals surface area contributed by atoms with Crippen LogP contribution in [0.2, 0.25) is 0 Å². The summed E-state index contributed by atoms with van der Waals surface area (Å²) >= 11 is 0. The molecular weight excluding hydrogens is 280 g/mol. The Kier molecular flexibility index (Phi) is 4.18. The third kappa shape index (κ3) is 3.36. The number of rotatable bonds is 4. The van der Waals surface area contributed by atoms with Gasteiger partial charge in [0.05, 0.1) is 16.1 Å². The van der Waals surface area contributed by atoms with Crippen LogP contribution in [0.1, 0.15) is 15.9 Å². The molecule has 106 valence electrons. The molecule has 2 aromatic carbocycles. The second-order valence-corrected chi connectivity index (χ2v) is 4.14. The van der Waals surface area contributed by atoms with Gasteiger partial charge in [-0.05, 0) is 36.4 Å². The highest BCUT2D eigenvalue weighted by atomic mass is 19.1. The Morgan fingerprint density at radius 3 is 2.57 bits per heavy atom. The monoisotopic (exact) mass is 289 g/mol. The SMILES string of the molecule is O=C(/C=C/c1ccccc1[N+](=O)[O-])c1cc(F)ccc1F. The molecule has 0 heterocycles. The number of carbonyl (C=O) groups is 1. The fourth-order valence-electron chi connectivity index (χ4n) is 1.74. The summed E-state index contributed by atoms with van der Waals surface area (Å²) in [7, 11) is 0. The molecule has 0 aliphatic rings. The number of hydrogen-bond acceptors (Lipinski definition) is 3. The second-order valence-electron chi connectivity index (χ2n) is 4.14. The maximum atomic E-state index is 13.4. The molecule has 0 aromatic heterocycles. The lowest BCUT2D eigenvalue weighted by molar-refractivity contribution is -0.385. The van der Waals surface area contributed by atoms with Gasteiger partial charge in [-0.3, -0.25) is 14.9 Å². The summed E-state index contributed by atoms with van der Waals surface area (Å²) in [5, 5.41) is 10.8. The van der Waals surface area contributed by atoms with Gasteiger partial charge < -0.3 is 0 Å². The summed E-state index contributed by atoms with van der Waals surface area (Å²) in [5.74, 6) is -2.36. The molecule has 0 fully saturated rings. The summed E-state index contributed by atoms with van der Waals surface area (Å²) in [6.07, 6.45) is 2.17. The van der Waals surface area contributed by atoms with Crippen molar-refractivity contribution in [1.82, 2.24) is 0 Å². The standard InChI is InChI=1S/C15H9F2NO3/c16-11-6-7-13(17)12(9-11)15(19)8-5-10-3-1-2-4-14(10)18(20)21/h1-9H/b8-5+. The molecule has 0 N–H and O–H groups in total. The highest BCUT2D eigenvalue weighted by Gasteiger charge is 2.12. The Hall–Kier alpha value is -2.89. The number of nitro groups is 1. The van der Waals surface area contributed by atoms with Gasteiger partial charge in [-0.15, -0.1) is 0 Å². The van der Waals surface area contributed by atoms with Crippen molar-refractivity contribution in [2.45, 2.75) is 0 Å². The largest absolute Gasteiger partial charge is 0.289 e. The molecule has 0 amide bonds. The zero-order valence-corrected chi connectivity index (χ0v) is 10.6. The summed E-state index contributed by atoms with van der Waals surface area (Å²) < 4.78 is 26.4. The number of benzene rings is 2. The van der Waals surface area contributed by atoms with E-state index >= 15 is 0 Å². The van der Waals surface area contributed by atoms with Crippen molar-refractivity contribution in [2.75, 3.05) is 0 Å². The fraction of sp³-hybridized carbons (Fsp3) is 0. The van der Waals surface area contributed by atoms with E-state index in [0.717, 1.165) is 24.3 Å². The van der Waals surface area contributed by atoms with Crippen LogP contribution in [0, 0.1) is 21.7 Å². The molecule has 0 atom stereocenters. The van der Waals surface area contributed by atoms with Crippen LogP contribution < -0.4 is 0 Å².